The van der Waals surface area contributed by atoms with Crippen molar-refractivity contribution in [2.45, 2.75) is 6.36 Å². The van der Waals surface area contributed by atoms with Crippen molar-refractivity contribution in [2.24, 2.45) is 0 Å². The molecule has 1 N–H and O–H groups in total. The molecule has 0 unspecified atom stereocenters. The molecule has 136 valence electrons. The van der Waals surface area contributed by atoms with E-state index in [-0.39, 0.29) is 11.5 Å². The largest absolute Gasteiger partial charge is 0.573 e. The molecule has 0 saturated carbocycles. The lowest BCUT2D eigenvalue weighted by molar-refractivity contribution is -0.274. The van der Waals surface area contributed by atoms with Crippen LogP contribution in [0.15, 0.2) is 71.1 Å². The molecular formula is C20H12F3NO3. The molecule has 0 radical (unpaired) electrons. The van der Waals surface area contributed by atoms with Gasteiger partial charge in [0.1, 0.15) is 11.3 Å². The van der Waals surface area contributed by atoms with Gasteiger partial charge in [-0.15, -0.1) is 13.2 Å². The predicted octanol–water partition coefficient (Wildman–Crippen LogP) is 5.74. The zero-order valence-corrected chi connectivity index (χ0v) is 13.7. The van der Waals surface area contributed by atoms with Gasteiger partial charge in [-0.25, -0.2) is 0 Å². The van der Waals surface area contributed by atoms with Gasteiger partial charge in [0.25, 0.3) is 5.91 Å². The second kappa shape index (κ2) is 6.35. The van der Waals surface area contributed by atoms with E-state index in [9.17, 15) is 18.0 Å². The maximum Gasteiger partial charge on any atom is 0.573 e. The fraction of sp³-hybridized carbons (Fsp3) is 0.0500. The molecule has 27 heavy (non-hydrogen) atoms. The summed E-state index contributed by atoms with van der Waals surface area (Å²) in [6, 6.07) is 17.9. The van der Waals surface area contributed by atoms with Crippen molar-refractivity contribution in [3.8, 4) is 5.75 Å². The number of ether oxygens (including phenoxy) is 1. The summed E-state index contributed by atoms with van der Waals surface area (Å²) in [7, 11) is 0. The van der Waals surface area contributed by atoms with Gasteiger partial charge in [0.15, 0.2) is 5.76 Å². The number of benzene rings is 3. The van der Waals surface area contributed by atoms with Gasteiger partial charge in [0.2, 0.25) is 0 Å². The summed E-state index contributed by atoms with van der Waals surface area (Å²) < 4.78 is 46.0. The maximum absolute atomic E-state index is 12.4. The summed E-state index contributed by atoms with van der Waals surface area (Å²) in [6.07, 6.45) is -4.76. The molecule has 3 aromatic carbocycles. The van der Waals surface area contributed by atoms with Crippen molar-refractivity contribution >= 4 is 33.3 Å². The van der Waals surface area contributed by atoms with Crippen molar-refractivity contribution in [3.05, 3.63) is 72.5 Å². The first-order valence-electron chi connectivity index (χ1n) is 7.97. The number of carbonyl (C=O) groups excluding carboxylic acids is 1. The van der Waals surface area contributed by atoms with E-state index in [0.29, 0.717) is 11.3 Å². The summed E-state index contributed by atoms with van der Waals surface area (Å²) in [5.74, 6) is -0.757. The number of hydrogen-bond acceptors (Lipinski definition) is 3. The molecule has 0 saturated heterocycles. The van der Waals surface area contributed by atoms with E-state index in [1.54, 1.807) is 12.1 Å². The molecule has 0 atom stereocenters. The Morgan fingerprint density at radius 3 is 2.41 bits per heavy atom. The normalized spacial score (nSPS) is 11.7. The van der Waals surface area contributed by atoms with E-state index in [0.717, 1.165) is 28.3 Å². The minimum Gasteiger partial charge on any atom is -0.451 e. The third kappa shape index (κ3) is 3.57. The van der Waals surface area contributed by atoms with Crippen LogP contribution >= 0.6 is 0 Å². The van der Waals surface area contributed by atoms with Gasteiger partial charge in [-0.05, 0) is 47.2 Å². The molecule has 0 fully saturated rings. The van der Waals surface area contributed by atoms with Gasteiger partial charge in [-0.3, -0.25) is 4.79 Å². The van der Waals surface area contributed by atoms with Crippen LogP contribution in [0.25, 0.3) is 21.7 Å². The highest BCUT2D eigenvalue weighted by Gasteiger charge is 2.31. The van der Waals surface area contributed by atoms with Crippen LogP contribution in [0.5, 0.6) is 5.75 Å². The minimum absolute atomic E-state index is 0.108. The van der Waals surface area contributed by atoms with Crippen LogP contribution < -0.4 is 10.1 Å². The average molecular weight is 371 g/mol. The number of alkyl halides is 3. The Labute approximate surface area is 151 Å². The number of anilines is 1. The quantitative estimate of drug-likeness (QED) is 0.500. The molecule has 1 amide bonds. The van der Waals surface area contributed by atoms with Crippen LogP contribution in [0.2, 0.25) is 0 Å². The fourth-order valence-electron chi connectivity index (χ4n) is 2.84. The number of rotatable bonds is 3. The van der Waals surface area contributed by atoms with Crippen molar-refractivity contribution in [1.29, 1.82) is 0 Å². The molecular weight excluding hydrogens is 359 g/mol. The molecule has 0 aliphatic carbocycles. The monoisotopic (exact) mass is 371 g/mol. The summed E-state index contributed by atoms with van der Waals surface area (Å²) in [4.78, 5) is 12.4. The molecule has 4 nitrogen and oxygen atoms in total. The molecule has 0 aliphatic rings. The Hall–Kier alpha value is -3.48. The highest BCUT2D eigenvalue weighted by atomic mass is 19.4. The Kier molecular flexibility index (Phi) is 3.99. The van der Waals surface area contributed by atoms with Crippen LogP contribution in [-0.2, 0) is 0 Å². The molecule has 4 aromatic rings. The Morgan fingerprint density at radius 1 is 0.926 bits per heavy atom. The van der Waals surface area contributed by atoms with Crippen LogP contribution in [0.3, 0.4) is 0 Å². The Morgan fingerprint density at radius 2 is 1.67 bits per heavy atom. The van der Waals surface area contributed by atoms with Crippen LogP contribution in [0.1, 0.15) is 10.6 Å². The fourth-order valence-corrected chi connectivity index (χ4v) is 2.84. The van der Waals surface area contributed by atoms with Crippen LogP contribution in [0, 0.1) is 0 Å². The zero-order chi connectivity index (χ0) is 19.0. The minimum atomic E-state index is -4.76. The highest BCUT2D eigenvalue weighted by Crippen LogP contribution is 2.29. The van der Waals surface area contributed by atoms with E-state index >= 15 is 0 Å². The first kappa shape index (κ1) is 17.0. The number of hydrogen-bond donors (Lipinski definition) is 1. The van der Waals surface area contributed by atoms with Crippen molar-refractivity contribution in [3.63, 3.8) is 0 Å². The number of halogens is 3. The molecule has 0 spiro atoms. The lowest BCUT2D eigenvalue weighted by Gasteiger charge is -2.09. The van der Waals surface area contributed by atoms with Gasteiger partial charge in [-0.2, -0.15) is 0 Å². The lowest BCUT2D eigenvalue weighted by Crippen LogP contribution is -2.17. The van der Waals surface area contributed by atoms with Crippen molar-refractivity contribution in [1.82, 2.24) is 0 Å². The van der Waals surface area contributed by atoms with Crippen molar-refractivity contribution < 1.29 is 27.1 Å². The first-order chi connectivity index (χ1) is 12.9. The van der Waals surface area contributed by atoms with Gasteiger partial charge in [0, 0.05) is 11.1 Å². The molecule has 0 aliphatic heterocycles. The number of furan rings is 1. The van der Waals surface area contributed by atoms with E-state index in [1.165, 1.54) is 12.1 Å². The number of carbonyl (C=O) groups is 1. The topological polar surface area (TPSA) is 51.5 Å². The third-order valence-corrected chi connectivity index (χ3v) is 4.00. The zero-order valence-electron chi connectivity index (χ0n) is 13.7. The van der Waals surface area contributed by atoms with Crippen molar-refractivity contribution in [2.75, 3.05) is 5.32 Å². The summed E-state index contributed by atoms with van der Waals surface area (Å²) in [5, 5.41) is 5.39. The molecule has 0 bridgehead atoms. The van der Waals surface area contributed by atoms with E-state index in [1.807, 2.05) is 30.3 Å². The second-order valence-corrected chi connectivity index (χ2v) is 5.84. The van der Waals surface area contributed by atoms with Gasteiger partial charge >= 0.3 is 6.36 Å². The second-order valence-electron chi connectivity index (χ2n) is 5.84. The number of amides is 1. The lowest BCUT2D eigenvalue weighted by atomic mass is 10.1. The third-order valence-electron chi connectivity index (χ3n) is 4.00. The summed E-state index contributed by atoms with van der Waals surface area (Å²) >= 11 is 0. The van der Waals surface area contributed by atoms with Crippen LogP contribution in [-0.4, -0.2) is 12.3 Å². The van der Waals surface area contributed by atoms with E-state index < -0.39 is 12.3 Å². The van der Waals surface area contributed by atoms with Gasteiger partial charge < -0.3 is 14.5 Å². The first-order valence-corrected chi connectivity index (χ1v) is 7.97. The maximum atomic E-state index is 12.4. The molecule has 7 heteroatoms. The predicted molar refractivity (Wildman–Crippen MR) is 94.8 cm³/mol. The molecule has 1 heterocycles. The van der Waals surface area contributed by atoms with Gasteiger partial charge in [-0.1, -0.05) is 30.3 Å². The average Bonchev–Trinajstić information content (AvgIpc) is 3.07. The Balaban J connectivity index is 1.57. The molecule has 1 aromatic heterocycles. The van der Waals surface area contributed by atoms with E-state index in [4.69, 9.17) is 4.42 Å². The molecule has 4 rings (SSSR count). The Bertz CT molecular complexity index is 1130. The standard InChI is InChI=1S/C20H12F3NO3/c21-20(22,23)27-14-8-6-13(7-9-14)24-19(25)18-11-16-15-4-2-1-3-12(15)5-10-17(16)26-18/h1-11H,(H,24,25). The number of fused-ring (bicyclic) bond motifs is 3. The SMILES string of the molecule is O=C(Nc1ccc(OC(F)(F)F)cc1)c1cc2c(ccc3ccccc32)o1. The highest BCUT2D eigenvalue weighted by molar-refractivity contribution is 6.10. The summed E-state index contributed by atoms with van der Waals surface area (Å²) in [5.41, 5.74) is 0.896. The summed E-state index contributed by atoms with van der Waals surface area (Å²) in [6.45, 7) is 0. The van der Waals surface area contributed by atoms with Crippen LogP contribution in [0.4, 0.5) is 18.9 Å². The number of nitrogens with one attached hydrogen (secondary N) is 1. The smallest absolute Gasteiger partial charge is 0.451 e. The van der Waals surface area contributed by atoms with E-state index in [2.05, 4.69) is 10.1 Å². The van der Waals surface area contributed by atoms with Gasteiger partial charge in [0.05, 0.1) is 0 Å².